The molecule has 1 saturated heterocycles. The number of hydrogen-bond donors (Lipinski definition) is 3. The Morgan fingerprint density at radius 3 is 2.74 bits per heavy atom. The molecule has 0 spiro atoms. The van der Waals surface area contributed by atoms with Gasteiger partial charge in [0.25, 0.3) is 5.91 Å². The number of aromatic nitrogens is 1. The summed E-state index contributed by atoms with van der Waals surface area (Å²) in [5.41, 5.74) is 0.883. The van der Waals surface area contributed by atoms with Crippen molar-refractivity contribution in [2.75, 3.05) is 38.7 Å². The molecule has 1 aromatic carbocycles. The number of methoxy groups -OCH3 is 1. The number of ether oxygens (including phenoxy) is 1. The maximum atomic E-state index is 12.8. The lowest BCUT2D eigenvalue weighted by Crippen LogP contribution is -2.46. The van der Waals surface area contributed by atoms with Gasteiger partial charge in [0.1, 0.15) is 12.6 Å². The lowest BCUT2D eigenvalue weighted by molar-refractivity contribution is -0.128. The second-order valence-corrected chi connectivity index (χ2v) is 9.30. The van der Waals surface area contributed by atoms with Crippen LogP contribution in [-0.4, -0.2) is 72.9 Å². The third-order valence-electron chi connectivity index (χ3n) is 5.29. The molecular formula is C23H28ClN5O5S. The number of hydrogen-bond acceptors (Lipinski definition) is 7. The molecule has 2 aromatic rings. The molecule has 1 aliphatic rings. The van der Waals surface area contributed by atoms with Gasteiger partial charge in [-0.05, 0) is 43.5 Å². The Balaban J connectivity index is 1.54. The van der Waals surface area contributed by atoms with E-state index in [2.05, 4.69) is 20.9 Å². The van der Waals surface area contributed by atoms with Gasteiger partial charge in [0.2, 0.25) is 17.7 Å². The monoisotopic (exact) mass is 521 g/mol. The zero-order valence-corrected chi connectivity index (χ0v) is 20.9. The molecule has 0 saturated carbocycles. The minimum Gasteiger partial charge on any atom is -0.383 e. The van der Waals surface area contributed by atoms with Crippen LogP contribution in [0.2, 0.25) is 5.02 Å². The smallest absolute Gasteiger partial charge is 0.254 e. The normalized spacial score (nSPS) is 15.6. The number of carbonyl (C=O) groups is 4. The third kappa shape index (κ3) is 8.30. The molecule has 12 heteroatoms. The van der Waals surface area contributed by atoms with Gasteiger partial charge in [0, 0.05) is 36.2 Å². The van der Waals surface area contributed by atoms with Crippen molar-refractivity contribution in [3.05, 3.63) is 45.9 Å². The summed E-state index contributed by atoms with van der Waals surface area (Å²) < 4.78 is 5.07. The van der Waals surface area contributed by atoms with Gasteiger partial charge in [0.05, 0.1) is 18.7 Å². The van der Waals surface area contributed by atoms with E-state index in [4.69, 9.17) is 16.3 Å². The molecule has 1 atom stereocenters. The molecule has 35 heavy (non-hydrogen) atoms. The number of anilines is 1. The maximum Gasteiger partial charge on any atom is 0.254 e. The molecule has 2 heterocycles. The molecule has 3 rings (SSSR count). The van der Waals surface area contributed by atoms with Crippen molar-refractivity contribution in [1.29, 1.82) is 0 Å². The highest BCUT2D eigenvalue weighted by Gasteiger charge is 2.23. The number of halogens is 1. The van der Waals surface area contributed by atoms with E-state index in [-0.39, 0.29) is 43.8 Å². The van der Waals surface area contributed by atoms with Crippen LogP contribution in [0.25, 0.3) is 0 Å². The molecule has 4 amide bonds. The van der Waals surface area contributed by atoms with Crippen molar-refractivity contribution >= 4 is 51.7 Å². The van der Waals surface area contributed by atoms with E-state index in [0.717, 1.165) is 12.8 Å². The minimum absolute atomic E-state index is 0.00876. The summed E-state index contributed by atoms with van der Waals surface area (Å²) in [5.74, 6) is -1.24. The first-order valence-corrected chi connectivity index (χ1v) is 12.5. The fourth-order valence-electron chi connectivity index (χ4n) is 3.49. The first-order chi connectivity index (χ1) is 16.9. The Bertz CT molecular complexity index is 1050. The minimum atomic E-state index is -0.543. The van der Waals surface area contributed by atoms with Crippen LogP contribution in [0.15, 0.2) is 29.6 Å². The second-order valence-electron chi connectivity index (χ2n) is 8.00. The van der Waals surface area contributed by atoms with Crippen LogP contribution in [0.1, 0.15) is 35.3 Å². The highest BCUT2D eigenvalue weighted by atomic mass is 35.5. The van der Waals surface area contributed by atoms with Gasteiger partial charge < -0.3 is 25.6 Å². The van der Waals surface area contributed by atoms with E-state index >= 15 is 0 Å². The Kier molecular flexibility index (Phi) is 10.0. The highest BCUT2D eigenvalue weighted by molar-refractivity contribution is 7.13. The topological polar surface area (TPSA) is 130 Å². The summed E-state index contributed by atoms with van der Waals surface area (Å²) in [6, 6.07) is 5.87. The van der Waals surface area contributed by atoms with Crippen LogP contribution in [0.4, 0.5) is 5.13 Å². The Hall–Kier alpha value is -3.02. The van der Waals surface area contributed by atoms with Crippen LogP contribution in [-0.2, 0) is 25.5 Å². The maximum absolute atomic E-state index is 12.8. The van der Waals surface area contributed by atoms with Crippen molar-refractivity contribution < 1.29 is 23.9 Å². The second kappa shape index (κ2) is 13.2. The van der Waals surface area contributed by atoms with Gasteiger partial charge in [-0.1, -0.05) is 11.6 Å². The summed E-state index contributed by atoms with van der Waals surface area (Å²) in [4.78, 5) is 55.5. The van der Waals surface area contributed by atoms with Gasteiger partial charge in [-0.3, -0.25) is 19.2 Å². The molecule has 1 aliphatic heterocycles. The first kappa shape index (κ1) is 26.6. The molecule has 10 nitrogen and oxygen atoms in total. The fourth-order valence-corrected chi connectivity index (χ4v) is 4.35. The molecule has 1 fully saturated rings. The number of nitrogens with zero attached hydrogens (tertiary/aromatic N) is 2. The fraction of sp³-hybridized carbons (Fsp3) is 0.435. The van der Waals surface area contributed by atoms with Crippen LogP contribution in [0, 0.1) is 0 Å². The summed E-state index contributed by atoms with van der Waals surface area (Å²) in [5, 5.41) is 10.7. The Morgan fingerprint density at radius 1 is 1.23 bits per heavy atom. The Morgan fingerprint density at radius 2 is 2.00 bits per heavy atom. The summed E-state index contributed by atoms with van der Waals surface area (Å²) in [6.45, 7) is 0.914. The van der Waals surface area contributed by atoms with Crippen LogP contribution < -0.4 is 16.0 Å². The van der Waals surface area contributed by atoms with Crippen LogP contribution in [0.3, 0.4) is 0 Å². The predicted molar refractivity (Wildman–Crippen MR) is 132 cm³/mol. The lowest BCUT2D eigenvalue weighted by atomic mass is 10.1. The number of benzene rings is 1. The summed E-state index contributed by atoms with van der Waals surface area (Å²) in [6.07, 6.45) is 2.34. The van der Waals surface area contributed by atoms with E-state index in [1.54, 1.807) is 29.6 Å². The van der Waals surface area contributed by atoms with Gasteiger partial charge in [-0.2, -0.15) is 0 Å². The van der Waals surface area contributed by atoms with Crippen molar-refractivity contribution in [2.24, 2.45) is 0 Å². The van der Waals surface area contributed by atoms with Crippen LogP contribution >= 0.6 is 22.9 Å². The predicted octanol–water partition coefficient (Wildman–Crippen LogP) is 1.85. The van der Waals surface area contributed by atoms with Gasteiger partial charge >= 0.3 is 0 Å². The quantitative estimate of drug-likeness (QED) is 0.437. The highest BCUT2D eigenvalue weighted by Crippen LogP contribution is 2.17. The van der Waals surface area contributed by atoms with E-state index in [1.807, 2.05) is 0 Å². The zero-order chi connectivity index (χ0) is 25.2. The third-order valence-corrected chi connectivity index (χ3v) is 6.35. The summed E-state index contributed by atoms with van der Waals surface area (Å²) in [7, 11) is 1.51. The average Bonchev–Trinajstić information content (AvgIpc) is 3.16. The van der Waals surface area contributed by atoms with E-state index < -0.39 is 11.9 Å². The molecule has 0 radical (unpaired) electrons. The van der Waals surface area contributed by atoms with Crippen molar-refractivity contribution in [3.63, 3.8) is 0 Å². The number of amides is 4. The molecule has 1 aromatic heterocycles. The number of thiazole rings is 1. The van der Waals surface area contributed by atoms with E-state index in [0.29, 0.717) is 34.4 Å². The molecular weight excluding hydrogens is 494 g/mol. The standard InChI is InChI=1S/C23H28ClN5O5S/c1-34-11-10-29(22(33)15-5-7-16(24)8-6-15)13-20(31)28-23-26-17(14-35-23)12-19(30)27-18-4-2-3-9-25-21(18)32/h5-8,14,18H,2-4,9-13H2,1H3,(H,25,32)(H,27,30)(H,26,28,31). The van der Waals surface area contributed by atoms with Gasteiger partial charge in [-0.15, -0.1) is 11.3 Å². The SMILES string of the molecule is COCCN(CC(=O)Nc1nc(CC(=O)NC2CCCCNC2=O)cs1)C(=O)c1ccc(Cl)cc1. The molecule has 0 bridgehead atoms. The van der Waals surface area contributed by atoms with Crippen LogP contribution in [0.5, 0.6) is 0 Å². The van der Waals surface area contributed by atoms with Crippen molar-refractivity contribution in [1.82, 2.24) is 20.5 Å². The largest absolute Gasteiger partial charge is 0.383 e. The number of rotatable bonds is 10. The molecule has 0 aliphatic carbocycles. The number of carbonyl (C=O) groups excluding carboxylic acids is 4. The van der Waals surface area contributed by atoms with E-state index in [1.165, 1.54) is 23.3 Å². The number of nitrogens with one attached hydrogen (secondary N) is 3. The molecule has 1 unspecified atom stereocenters. The summed E-state index contributed by atoms with van der Waals surface area (Å²) >= 11 is 7.07. The van der Waals surface area contributed by atoms with Crippen molar-refractivity contribution in [2.45, 2.75) is 31.7 Å². The lowest BCUT2D eigenvalue weighted by Gasteiger charge is -2.21. The van der Waals surface area contributed by atoms with Crippen molar-refractivity contribution in [3.8, 4) is 0 Å². The first-order valence-electron chi connectivity index (χ1n) is 11.2. The van der Waals surface area contributed by atoms with Gasteiger partial charge in [-0.25, -0.2) is 4.98 Å². The molecule has 188 valence electrons. The Labute approximate surface area is 212 Å². The zero-order valence-electron chi connectivity index (χ0n) is 19.3. The van der Waals surface area contributed by atoms with Gasteiger partial charge in [0.15, 0.2) is 5.13 Å². The molecule has 3 N–H and O–H groups in total. The average molecular weight is 522 g/mol. The van der Waals surface area contributed by atoms with E-state index in [9.17, 15) is 19.2 Å².